The molecule has 23 heavy (non-hydrogen) atoms. The number of aliphatic hydroxyl groups excluding tert-OH is 1. The lowest BCUT2D eigenvalue weighted by Gasteiger charge is -2.30. The Labute approximate surface area is 137 Å². The molecule has 0 spiro atoms. The fourth-order valence-corrected chi connectivity index (χ4v) is 3.79. The second kappa shape index (κ2) is 6.71. The number of rotatable bonds is 5. The van der Waals surface area contributed by atoms with Crippen LogP contribution < -0.4 is 4.90 Å². The summed E-state index contributed by atoms with van der Waals surface area (Å²) in [6.45, 7) is 6.85. The zero-order valence-electron chi connectivity index (χ0n) is 13.6. The van der Waals surface area contributed by atoms with Crippen LogP contribution in [0.5, 0.6) is 0 Å². The Bertz CT molecular complexity index is 531. The average Bonchev–Trinajstić information content (AvgIpc) is 3.37. The summed E-state index contributed by atoms with van der Waals surface area (Å²) in [7, 11) is 0. The van der Waals surface area contributed by atoms with Crippen LogP contribution >= 0.6 is 0 Å². The molecule has 2 saturated heterocycles. The van der Waals surface area contributed by atoms with Gasteiger partial charge in [-0.1, -0.05) is 0 Å². The normalized spacial score (nSPS) is 29.2. The molecule has 0 radical (unpaired) electrons. The minimum Gasteiger partial charge on any atom is -0.396 e. The van der Waals surface area contributed by atoms with E-state index in [1.165, 1.54) is 18.5 Å². The first-order chi connectivity index (χ1) is 11.3. The number of aromatic nitrogens is 2. The van der Waals surface area contributed by atoms with Crippen LogP contribution in [0.1, 0.15) is 24.5 Å². The van der Waals surface area contributed by atoms with Crippen LogP contribution in [0, 0.1) is 11.8 Å². The first kappa shape index (κ1) is 15.3. The molecule has 0 amide bonds. The van der Waals surface area contributed by atoms with E-state index >= 15 is 0 Å². The van der Waals surface area contributed by atoms with Gasteiger partial charge in [-0.3, -0.25) is 4.90 Å². The van der Waals surface area contributed by atoms with Gasteiger partial charge in [0.15, 0.2) is 0 Å². The summed E-state index contributed by atoms with van der Waals surface area (Å²) < 4.78 is 5.43. The van der Waals surface area contributed by atoms with Crippen LogP contribution in [0.15, 0.2) is 12.4 Å². The highest BCUT2D eigenvalue weighted by Gasteiger charge is 2.35. The van der Waals surface area contributed by atoms with E-state index in [4.69, 9.17) is 4.74 Å². The van der Waals surface area contributed by atoms with Crippen molar-refractivity contribution in [2.45, 2.75) is 18.8 Å². The van der Waals surface area contributed by atoms with Gasteiger partial charge in [0, 0.05) is 62.9 Å². The topological polar surface area (TPSA) is 61.7 Å². The molecule has 1 aromatic rings. The van der Waals surface area contributed by atoms with Crippen molar-refractivity contribution < 1.29 is 9.84 Å². The summed E-state index contributed by atoms with van der Waals surface area (Å²) in [5, 5.41) is 9.78. The maximum atomic E-state index is 9.78. The van der Waals surface area contributed by atoms with Gasteiger partial charge in [-0.25, -0.2) is 9.97 Å². The van der Waals surface area contributed by atoms with E-state index in [-0.39, 0.29) is 6.61 Å². The van der Waals surface area contributed by atoms with Crippen molar-refractivity contribution in [2.75, 3.05) is 57.4 Å². The molecule has 1 saturated carbocycles. The van der Waals surface area contributed by atoms with Crippen molar-refractivity contribution in [3.63, 3.8) is 0 Å². The zero-order valence-corrected chi connectivity index (χ0v) is 13.6. The fourth-order valence-electron chi connectivity index (χ4n) is 3.79. The van der Waals surface area contributed by atoms with Crippen LogP contribution in [-0.2, 0) is 4.74 Å². The van der Waals surface area contributed by atoms with E-state index in [0.717, 1.165) is 51.8 Å². The molecule has 6 nitrogen and oxygen atoms in total. The predicted octanol–water partition coefficient (Wildman–Crippen LogP) is 0.731. The quantitative estimate of drug-likeness (QED) is 0.864. The van der Waals surface area contributed by atoms with E-state index in [0.29, 0.717) is 17.8 Å². The third-order valence-corrected chi connectivity index (χ3v) is 5.40. The van der Waals surface area contributed by atoms with E-state index in [1.807, 2.05) is 0 Å². The number of hydrogen-bond acceptors (Lipinski definition) is 6. The monoisotopic (exact) mass is 318 g/mol. The molecular formula is C17H26N4O2. The molecule has 0 aromatic carbocycles. The molecule has 0 bridgehead atoms. The van der Waals surface area contributed by atoms with Crippen LogP contribution in [0.25, 0.3) is 0 Å². The molecular weight excluding hydrogens is 292 g/mol. The Hall–Kier alpha value is -1.24. The maximum Gasteiger partial charge on any atom is 0.132 e. The van der Waals surface area contributed by atoms with E-state index in [9.17, 15) is 5.11 Å². The lowest BCUT2D eigenvalue weighted by atomic mass is 9.96. The van der Waals surface area contributed by atoms with Gasteiger partial charge in [-0.15, -0.1) is 0 Å². The number of morpholine rings is 1. The van der Waals surface area contributed by atoms with E-state index < -0.39 is 0 Å². The van der Waals surface area contributed by atoms with Gasteiger partial charge in [-0.2, -0.15) is 0 Å². The maximum absolute atomic E-state index is 9.78. The summed E-state index contributed by atoms with van der Waals surface area (Å²) in [6, 6.07) is 2.16. The van der Waals surface area contributed by atoms with Gasteiger partial charge >= 0.3 is 0 Å². The Kier molecular flexibility index (Phi) is 4.46. The second-order valence-corrected chi connectivity index (χ2v) is 7.10. The van der Waals surface area contributed by atoms with E-state index in [2.05, 4.69) is 25.8 Å². The molecule has 1 N–H and O–H groups in total. The van der Waals surface area contributed by atoms with Crippen molar-refractivity contribution in [2.24, 2.45) is 11.8 Å². The Morgan fingerprint density at radius 1 is 1.13 bits per heavy atom. The van der Waals surface area contributed by atoms with Crippen LogP contribution in [-0.4, -0.2) is 72.5 Å². The van der Waals surface area contributed by atoms with Gasteiger partial charge in [0.05, 0.1) is 13.2 Å². The highest BCUT2D eigenvalue weighted by molar-refractivity contribution is 5.42. The summed E-state index contributed by atoms with van der Waals surface area (Å²) in [5.74, 6) is 2.51. The molecule has 2 aliphatic heterocycles. The lowest BCUT2D eigenvalue weighted by molar-refractivity contribution is 0.0268. The van der Waals surface area contributed by atoms with Crippen LogP contribution in [0.3, 0.4) is 0 Å². The summed E-state index contributed by atoms with van der Waals surface area (Å²) in [5.41, 5.74) is 1.19. The molecule has 3 fully saturated rings. The molecule has 4 rings (SSSR count). The summed E-state index contributed by atoms with van der Waals surface area (Å²) in [4.78, 5) is 13.7. The highest BCUT2D eigenvalue weighted by atomic mass is 16.5. The average molecular weight is 318 g/mol. The Morgan fingerprint density at radius 2 is 1.91 bits per heavy atom. The Balaban J connectivity index is 1.43. The number of nitrogens with zero attached hydrogens (tertiary/aromatic N) is 4. The SMILES string of the molecule is OC[C@H]1CN(c2cc(C3CC3)ncn2)C[C@H]1CN1CCOCC1. The number of ether oxygens (including phenoxy) is 1. The molecule has 2 atom stereocenters. The molecule has 1 aromatic heterocycles. The molecule has 126 valence electrons. The van der Waals surface area contributed by atoms with Crippen molar-refractivity contribution in [3.8, 4) is 0 Å². The number of aliphatic hydroxyl groups is 1. The number of anilines is 1. The molecule has 0 unspecified atom stereocenters. The Morgan fingerprint density at radius 3 is 2.65 bits per heavy atom. The van der Waals surface area contributed by atoms with Crippen LogP contribution in [0.4, 0.5) is 5.82 Å². The van der Waals surface area contributed by atoms with Gasteiger partial charge < -0.3 is 14.7 Å². The van der Waals surface area contributed by atoms with Crippen molar-refractivity contribution in [1.29, 1.82) is 0 Å². The third kappa shape index (κ3) is 3.49. The molecule has 1 aliphatic carbocycles. The molecule has 3 aliphatic rings. The smallest absolute Gasteiger partial charge is 0.132 e. The fraction of sp³-hybridized carbons (Fsp3) is 0.765. The number of hydrogen-bond donors (Lipinski definition) is 1. The highest BCUT2D eigenvalue weighted by Crippen LogP contribution is 2.40. The van der Waals surface area contributed by atoms with E-state index in [1.54, 1.807) is 6.33 Å². The van der Waals surface area contributed by atoms with Crippen molar-refractivity contribution in [1.82, 2.24) is 14.9 Å². The predicted molar refractivity (Wildman–Crippen MR) is 87.5 cm³/mol. The standard InChI is InChI=1S/C17H26N4O2/c22-11-15-10-21(9-14(15)8-20-3-5-23-6-4-20)17-7-16(13-1-2-13)18-12-19-17/h7,12-15,22H,1-6,8-11H2/t14-,15-/m1/s1. The zero-order chi connectivity index (χ0) is 15.6. The second-order valence-electron chi connectivity index (χ2n) is 7.10. The summed E-state index contributed by atoms with van der Waals surface area (Å²) >= 11 is 0. The lowest BCUT2D eigenvalue weighted by Crippen LogP contribution is -2.41. The summed E-state index contributed by atoms with van der Waals surface area (Å²) in [6.07, 6.45) is 4.22. The molecule has 6 heteroatoms. The van der Waals surface area contributed by atoms with Gasteiger partial charge in [0.25, 0.3) is 0 Å². The van der Waals surface area contributed by atoms with Crippen molar-refractivity contribution >= 4 is 5.82 Å². The van der Waals surface area contributed by atoms with Gasteiger partial charge in [-0.05, 0) is 18.8 Å². The minimum absolute atomic E-state index is 0.256. The van der Waals surface area contributed by atoms with Gasteiger partial charge in [0.2, 0.25) is 0 Å². The third-order valence-electron chi connectivity index (χ3n) is 5.40. The first-order valence-electron chi connectivity index (χ1n) is 8.81. The van der Waals surface area contributed by atoms with Gasteiger partial charge in [0.1, 0.15) is 12.1 Å². The van der Waals surface area contributed by atoms with Crippen molar-refractivity contribution in [3.05, 3.63) is 18.1 Å². The largest absolute Gasteiger partial charge is 0.396 e. The van der Waals surface area contributed by atoms with Crippen LogP contribution in [0.2, 0.25) is 0 Å². The minimum atomic E-state index is 0.256. The first-order valence-corrected chi connectivity index (χ1v) is 8.81. The molecule has 3 heterocycles.